The third-order valence-corrected chi connectivity index (χ3v) is 5.69. The van der Waals surface area contributed by atoms with Crippen molar-refractivity contribution in [1.29, 1.82) is 0 Å². The van der Waals surface area contributed by atoms with E-state index in [-0.39, 0.29) is 0 Å². The van der Waals surface area contributed by atoms with Crippen LogP contribution in [0.1, 0.15) is 44.9 Å². The molecule has 0 amide bonds. The summed E-state index contributed by atoms with van der Waals surface area (Å²) in [6.07, 6.45) is 5.16. The van der Waals surface area contributed by atoms with Crippen LogP contribution in [0.4, 0.5) is 5.69 Å². The van der Waals surface area contributed by atoms with Gasteiger partial charge in [-0.05, 0) is 37.8 Å². The van der Waals surface area contributed by atoms with Gasteiger partial charge in [0.1, 0.15) is 0 Å². The van der Waals surface area contributed by atoms with Crippen LogP contribution in [0.3, 0.4) is 0 Å². The lowest BCUT2D eigenvalue weighted by molar-refractivity contribution is 0.743. The molecule has 0 aliphatic rings. The average Bonchev–Trinajstić information content (AvgIpc) is 3.21. The van der Waals surface area contributed by atoms with E-state index in [1.165, 1.54) is 27.6 Å². The molecule has 0 radical (unpaired) electrons. The number of aryl methyl sites for hydroxylation is 2. The highest BCUT2D eigenvalue weighted by molar-refractivity contribution is 6.08. The van der Waals surface area contributed by atoms with E-state index in [2.05, 4.69) is 79.2 Å². The van der Waals surface area contributed by atoms with Crippen LogP contribution in [0.15, 0.2) is 42.6 Å². The van der Waals surface area contributed by atoms with Gasteiger partial charge < -0.3 is 4.90 Å². The summed E-state index contributed by atoms with van der Waals surface area (Å²) in [5, 5.41) is 11.1. The van der Waals surface area contributed by atoms with Crippen molar-refractivity contribution in [3.8, 4) is 11.3 Å². The number of aromatic nitrogens is 3. The molecule has 0 aliphatic heterocycles. The number of H-pyrrole nitrogens is 1. The Morgan fingerprint density at radius 1 is 0.897 bits per heavy atom. The van der Waals surface area contributed by atoms with Gasteiger partial charge in [0.2, 0.25) is 0 Å². The summed E-state index contributed by atoms with van der Waals surface area (Å²) >= 11 is 0. The zero-order valence-corrected chi connectivity index (χ0v) is 17.9. The average molecular weight is 387 g/mol. The van der Waals surface area contributed by atoms with Gasteiger partial charge in [0.15, 0.2) is 0 Å². The van der Waals surface area contributed by atoms with Crippen LogP contribution >= 0.6 is 0 Å². The Kier molecular flexibility index (Phi) is 5.52. The first kappa shape index (κ1) is 19.4. The lowest BCUT2D eigenvalue weighted by atomic mass is 9.94. The minimum Gasteiger partial charge on any atom is -0.370 e. The van der Waals surface area contributed by atoms with Gasteiger partial charge in [-0.15, -0.1) is 0 Å². The molecular weight excluding hydrogens is 356 g/mol. The van der Waals surface area contributed by atoms with E-state index in [1.807, 2.05) is 6.20 Å². The maximum Gasteiger partial charge on any atom is 0.0795 e. The third-order valence-electron chi connectivity index (χ3n) is 5.69. The van der Waals surface area contributed by atoms with E-state index < -0.39 is 0 Å². The van der Waals surface area contributed by atoms with E-state index in [1.54, 1.807) is 0 Å². The molecule has 2 heterocycles. The second-order valence-corrected chi connectivity index (χ2v) is 7.71. The molecule has 2 aromatic heterocycles. The second-order valence-electron chi connectivity index (χ2n) is 7.71. The van der Waals surface area contributed by atoms with Gasteiger partial charge in [-0.25, -0.2) is 0 Å². The summed E-state index contributed by atoms with van der Waals surface area (Å²) < 4.78 is 0. The zero-order valence-electron chi connectivity index (χ0n) is 17.9. The summed E-state index contributed by atoms with van der Waals surface area (Å²) in [5.74, 6) is 0. The molecule has 150 valence electrons. The van der Waals surface area contributed by atoms with Crippen LogP contribution < -0.4 is 4.90 Å². The number of hydrogen-bond acceptors (Lipinski definition) is 3. The van der Waals surface area contributed by atoms with Crippen molar-refractivity contribution < 1.29 is 0 Å². The van der Waals surface area contributed by atoms with Crippen molar-refractivity contribution in [3.05, 3.63) is 53.9 Å². The van der Waals surface area contributed by atoms with Gasteiger partial charge in [-0.2, -0.15) is 5.10 Å². The normalized spacial score (nSPS) is 11.4. The van der Waals surface area contributed by atoms with Gasteiger partial charge in [0.25, 0.3) is 0 Å². The monoisotopic (exact) mass is 386 g/mol. The molecule has 0 saturated heterocycles. The van der Waals surface area contributed by atoms with Crippen molar-refractivity contribution in [2.24, 2.45) is 0 Å². The summed E-state index contributed by atoms with van der Waals surface area (Å²) in [7, 11) is 0. The quantitative estimate of drug-likeness (QED) is 0.407. The predicted molar refractivity (Wildman–Crippen MR) is 124 cm³/mol. The van der Waals surface area contributed by atoms with Crippen LogP contribution in [-0.2, 0) is 6.42 Å². The number of pyridine rings is 1. The minimum absolute atomic E-state index is 0.963. The molecule has 0 saturated carbocycles. The lowest BCUT2D eigenvalue weighted by Crippen LogP contribution is -2.26. The zero-order chi connectivity index (χ0) is 20.4. The third kappa shape index (κ3) is 3.37. The predicted octanol–water partition coefficient (Wildman–Crippen LogP) is 6.28. The number of hydrogen-bond donors (Lipinski definition) is 1. The van der Waals surface area contributed by atoms with Crippen molar-refractivity contribution in [2.75, 3.05) is 18.0 Å². The number of benzene rings is 2. The molecule has 0 spiro atoms. The Balaban J connectivity index is 2.05. The Morgan fingerprint density at radius 2 is 1.62 bits per heavy atom. The Hall–Kier alpha value is -2.88. The summed E-state index contributed by atoms with van der Waals surface area (Å²) in [5.41, 5.74) is 7.03. The number of fused-ring (bicyclic) bond motifs is 2. The minimum atomic E-state index is 0.963. The molecule has 0 bridgehead atoms. The summed E-state index contributed by atoms with van der Waals surface area (Å²) in [4.78, 5) is 7.72. The van der Waals surface area contributed by atoms with Gasteiger partial charge >= 0.3 is 0 Å². The lowest BCUT2D eigenvalue weighted by Gasteiger charge is -2.28. The first-order valence-electron chi connectivity index (χ1n) is 10.8. The van der Waals surface area contributed by atoms with Gasteiger partial charge in [0.05, 0.1) is 28.8 Å². The van der Waals surface area contributed by atoms with Gasteiger partial charge in [-0.1, -0.05) is 51.1 Å². The number of aromatic amines is 1. The molecule has 0 fully saturated rings. The van der Waals surface area contributed by atoms with Crippen molar-refractivity contribution >= 4 is 27.4 Å². The number of nitrogens with zero attached hydrogens (tertiary/aromatic N) is 3. The van der Waals surface area contributed by atoms with E-state index in [0.29, 0.717) is 0 Å². The maximum atomic E-state index is 5.21. The van der Waals surface area contributed by atoms with Gasteiger partial charge in [0, 0.05) is 34.8 Å². The van der Waals surface area contributed by atoms with Crippen molar-refractivity contribution in [1.82, 2.24) is 15.2 Å². The number of rotatable bonds is 7. The molecule has 2 aromatic carbocycles. The molecule has 29 heavy (non-hydrogen) atoms. The van der Waals surface area contributed by atoms with Crippen LogP contribution in [0.2, 0.25) is 0 Å². The molecule has 4 heteroatoms. The number of nitrogens with one attached hydrogen (secondary N) is 1. The van der Waals surface area contributed by atoms with Crippen molar-refractivity contribution in [3.63, 3.8) is 0 Å². The van der Waals surface area contributed by atoms with Gasteiger partial charge in [-0.3, -0.25) is 10.1 Å². The van der Waals surface area contributed by atoms with Crippen LogP contribution in [0.25, 0.3) is 32.9 Å². The fourth-order valence-corrected chi connectivity index (χ4v) is 4.47. The molecule has 4 rings (SSSR count). The standard InChI is InChI=1S/C25H30N4/c1-5-14-29(15-6-2)25-17(4)27-24(19-10-8-9-11-20(19)25)23-18(7-3)12-13-22-21(23)16-26-28-22/h8-13,16H,5-7,14-15H2,1-4H3,(H,26,28). The first-order chi connectivity index (χ1) is 14.2. The highest BCUT2D eigenvalue weighted by Gasteiger charge is 2.20. The Morgan fingerprint density at radius 3 is 2.31 bits per heavy atom. The summed E-state index contributed by atoms with van der Waals surface area (Å²) in [6, 6.07) is 13.1. The van der Waals surface area contributed by atoms with E-state index in [4.69, 9.17) is 4.98 Å². The van der Waals surface area contributed by atoms with E-state index in [9.17, 15) is 0 Å². The molecule has 4 nitrogen and oxygen atoms in total. The molecule has 0 aliphatic carbocycles. The fraction of sp³-hybridized carbons (Fsp3) is 0.360. The fourth-order valence-electron chi connectivity index (χ4n) is 4.47. The summed E-state index contributed by atoms with van der Waals surface area (Å²) in [6.45, 7) is 11.0. The number of anilines is 1. The SMILES string of the molecule is CCCN(CCC)c1c(C)nc(-c2c(CC)ccc3[nH]ncc23)c2ccccc12. The molecule has 0 atom stereocenters. The molecule has 4 aromatic rings. The largest absolute Gasteiger partial charge is 0.370 e. The van der Waals surface area contributed by atoms with Crippen LogP contribution in [0, 0.1) is 6.92 Å². The molecular formula is C25H30N4. The molecule has 0 unspecified atom stereocenters. The highest BCUT2D eigenvalue weighted by Crippen LogP contribution is 2.39. The Labute approximate surface area is 173 Å². The van der Waals surface area contributed by atoms with E-state index in [0.717, 1.165) is 54.6 Å². The molecule has 1 N–H and O–H groups in total. The van der Waals surface area contributed by atoms with Crippen LogP contribution in [-0.4, -0.2) is 28.3 Å². The topological polar surface area (TPSA) is 44.8 Å². The maximum absolute atomic E-state index is 5.21. The first-order valence-corrected chi connectivity index (χ1v) is 10.8. The van der Waals surface area contributed by atoms with Crippen LogP contribution in [0.5, 0.6) is 0 Å². The van der Waals surface area contributed by atoms with E-state index >= 15 is 0 Å². The highest BCUT2D eigenvalue weighted by atomic mass is 15.1. The Bertz CT molecular complexity index is 1140. The van der Waals surface area contributed by atoms with Crippen molar-refractivity contribution in [2.45, 2.75) is 47.0 Å². The smallest absolute Gasteiger partial charge is 0.0795 e. The second kappa shape index (κ2) is 8.24.